The minimum atomic E-state index is -3.11. The lowest BCUT2D eigenvalue weighted by Crippen LogP contribution is -2.49. The molecule has 0 aromatic carbocycles. The van der Waals surface area contributed by atoms with Crippen molar-refractivity contribution < 1.29 is 8.42 Å². The number of nitrogens with zero attached hydrogens (tertiary/aromatic N) is 3. The molecule has 0 bridgehead atoms. The van der Waals surface area contributed by atoms with Gasteiger partial charge in [0.2, 0.25) is 10.0 Å². The summed E-state index contributed by atoms with van der Waals surface area (Å²) in [6.45, 7) is 13.1. The zero-order valence-corrected chi connectivity index (χ0v) is 17.4. The van der Waals surface area contributed by atoms with Gasteiger partial charge in [0.25, 0.3) is 0 Å². The monoisotopic (exact) mass is 375 g/mol. The Morgan fingerprint density at radius 3 is 2.40 bits per heavy atom. The molecule has 8 heteroatoms. The zero-order chi connectivity index (χ0) is 18.9. The molecule has 0 amide bonds. The topological polar surface area (TPSA) is 77.0 Å². The molecule has 2 N–H and O–H groups in total. The van der Waals surface area contributed by atoms with Crippen LogP contribution < -0.4 is 10.6 Å². The summed E-state index contributed by atoms with van der Waals surface area (Å²) in [5, 5.41) is 6.82. The van der Waals surface area contributed by atoms with Crippen molar-refractivity contribution in [2.75, 3.05) is 45.5 Å². The summed E-state index contributed by atoms with van der Waals surface area (Å²) in [6, 6.07) is 1.06. The summed E-state index contributed by atoms with van der Waals surface area (Å²) in [6.07, 6.45) is 4.23. The van der Waals surface area contributed by atoms with Crippen molar-refractivity contribution in [2.24, 2.45) is 4.99 Å². The number of piperidine rings is 1. The Balaban J connectivity index is 2.44. The number of hydrogen-bond donors (Lipinski definition) is 2. The largest absolute Gasteiger partial charge is 0.357 e. The smallest absolute Gasteiger partial charge is 0.211 e. The van der Waals surface area contributed by atoms with Crippen LogP contribution in [-0.4, -0.2) is 81.2 Å². The molecule has 0 aromatic heterocycles. The minimum Gasteiger partial charge on any atom is -0.357 e. The van der Waals surface area contributed by atoms with Gasteiger partial charge in [-0.15, -0.1) is 0 Å². The van der Waals surface area contributed by atoms with Gasteiger partial charge >= 0.3 is 0 Å². The highest BCUT2D eigenvalue weighted by Crippen LogP contribution is 2.12. The first-order valence-corrected chi connectivity index (χ1v) is 11.4. The van der Waals surface area contributed by atoms with Crippen LogP contribution in [0.3, 0.4) is 0 Å². The van der Waals surface area contributed by atoms with Gasteiger partial charge in [0.05, 0.1) is 6.26 Å². The van der Waals surface area contributed by atoms with Crippen molar-refractivity contribution >= 4 is 16.0 Å². The van der Waals surface area contributed by atoms with E-state index in [0.29, 0.717) is 31.7 Å². The lowest BCUT2D eigenvalue weighted by Gasteiger charge is -2.35. The molecule has 0 unspecified atom stereocenters. The number of aliphatic imine (C=N–C) groups is 1. The molecule has 0 saturated carbocycles. The second-order valence-corrected chi connectivity index (χ2v) is 8.90. The van der Waals surface area contributed by atoms with E-state index < -0.39 is 10.0 Å². The normalized spacial score (nSPS) is 18.1. The van der Waals surface area contributed by atoms with E-state index in [2.05, 4.69) is 41.3 Å². The van der Waals surface area contributed by atoms with Gasteiger partial charge < -0.3 is 15.5 Å². The van der Waals surface area contributed by atoms with Crippen LogP contribution in [0.1, 0.15) is 47.0 Å². The molecule has 1 fully saturated rings. The van der Waals surface area contributed by atoms with E-state index in [1.807, 2.05) is 6.92 Å². The maximum Gasteiger partial charge on any atom is 0.211 e. The standard InChI is InChI=1S/C17H37N5O2S/c1-6-18-17(19-11-8-12-22(7-2)25(5,23)24)20-16-9-13-21(14-10-16)15(3)4/h15-16H,6-14H2,1-5H3,(H2,18,19,20). The van der Waals surface area contributed by atoms with Gasteiger partial charge in [0.15, 0.2) is 5.96 Å². The van der Waals surface area contributed by atoms with E-state index in [4.69, 9.17) is 0 Å². The number of likely N-dealkylation sites (tertiary alicyclic amines) is 1. The van der Waals surface area contributed by atoms with Gasteiger partial charge in [-0.05, 0) is 40.0 Å². The minimum absolute atomic E-state index is 0.455. The van der Waals surface area contributed by atoms with Gasteiger partial charge in [-0.3, -0.25) is 4.99 Å². The van der Waals surface area contributed by atoms with Crippen molar-refractivity contribution in [3.63, 3.8) is 0 Å². The Bertz CT molecular complexity index is 499. The fourth-order valence-electron chi connectivity index (χ4n) is 3.07. The maximum atomic E-state index is 11.6. The highest BCUT2D eigenvalue weighted by atomic mass is 32.2. The van der Waals surface area contributed by atoms with Crippen molar-refractivity contribution in [1.82, 2.24) is 19.8 Å². The fourth-order valence-corrected chi connectivity index (χ4v) is 4.00. The van der Waals surface area contributed by atoms with Gasteiger partial charge in [-0.2, -0.15) is 0 Å². The summed E-state index contributed by atoms with van der Waals surface area (Å²) >= 11 is 0. The first-order chi connectivity index (χ1) is 11.8. The van der Waals surface area contributed by atoms with Gasteiger partial charge in [-0.25, -0.2) is 12.7 Å². The van der Waals surface area contributed by atoms with Gasteiger partial charge in [-0.1, -0.05) is 6.92 Å². The molecule has 1 rings (SSSR count). The van der Waals surface area contributed by atoms with Crippen molar-refractivity contribution in [3.8, 4) is 0 Å². The summed E-state index contributed by atoms with van der Waals surface area (Å²) in [5.41, 5.74) is 0. The molecule has 7 nitrogen and oxygen atoms in total. The third-order valence-electron chi connectivity index (χ3n) is 4.60. The molecule has 1 aliphatic rings. The van der Waals surface area contributed by atoms with E-state index >= 15 is 0 Å². The Kier molecular flexibility index (Phi) is 9.74. The molecule has 25 heavy (non-hydrogen) atoms. The van der Waals surface area contributed by atoms with E-state index in [0.717, 1.165) is 44.9 Å². The zero-order valence-electron chi connectivity index (χ0n) is 16.6. The average molecular weight is 376 g/mol. The number of sulfonamides is 1. The quantitative estimate of drug-likeness (QED) is 0.358. The highest BCUT2D eigenvalue weighted by Gasteiger charge is 2.21. The second-order valence-electron chi connectivity index (χ2n) is 6.92. The first kappa shape index (κ1) is 22.2. The lowest BCUT2D eigenvalue weighted by atomic mass is 10.0. The number of rotatable bonds is 9. The molecule has 0 aromatic rings. The number of hydrogen-bond acceptors (Lipinski definition) is 4. The van der Waals surface area contributed by atoms with Crippen LogP contribution in [0.2, 0.25) is 0 Å². The van der Waals surface area contributed by atoms with Crippen LogP contribution in [0.25, 0.3) is 0 Å². The molecule has 148 valence electrons. The summed E-state index contributed by atoms with van der Waals surface area (Å²) in [5.74, 6) is 0.841. The number of nitrogens with one attached hydrogen (secondary N) is 2. The number of guanidine groups is 1. The molecule has 0 spiro atoms. The molecule has 0 atom stereocenters. The van der Waals surface area contributed by atoms with Crippen LogP contribution in [0, 0.1) is 0 Å². The van der Waals surface area contributed by atoms with E-state index in [9.17, 15) is 8.42 Å². The Labute approximate surface area is 154 Å². The van der Waals surface area contributed by atoms with Crippen molar-refractivity contribution in [1.29, 1.82) is 0 Å². The summed E-state index contributed by atoms with van der Waals surface area (Å²) < 4.78 is 24.7. The molecule has 1 aliphatic heterocycles. The molecule has 1 heterocycles. The molecule has 0 aliphatic carbocycles. The molecule has 0 radical (unpaired) electrons. The van der Waals surface area contributed by atoms with E-state index in [1.54, 1.807) is 0 Å². The van der Waals surface area contributed by atoms with Crippen LogP contribution in [0.15, 0.2) is 4.99 Å². The van der Waals surface area contributed by atoms with Gasteiger partial charge in [0, 0.05) is 51.4 Å². The van der Waals surface area contributed by atoms with E-state index in [-0.39, 0.29) is 0 Å². The Morgan fingerprint density at radius 1 is 1.28 bits per heavy atom. The SMILES string of the molecule is CCNC(=NCCCN(CC)S(C)(=O)=O)NC1CCN(C(C)C)CC1. The average Bonchev–Trinajstić information content (AvgIpc) is 2.54. The highest BCUT2D eigenvalue weighted by molar-refractivity contribution is 7.88. The Morgan fingerprint density at radius 2 is 1.92 bits per heavy atom. The van der Waals surface area contributed by atoms with E-state index in [1.165, 1.54) is 10.6 Å². The maximum absolute atomic E-state index is 11.6. The molecule has 1 saturated heterocycles. The predicted molar refractivity (Wildman–Crippen MR) is 106 cm³/mol. The van der Waals surface area contributed by atoms with Crippen LogP contribution in [-0.2, 0) is 10.0 Å². The third kappa shape index (κ3) is 8.37. The fraction of sp³-hybridized carbons (Fsp3) is 0.941. The van der Waals surface area contributed by atoms with Crippen LogP contribution >= 0.6 is 0 Å². The Hall–Kier alpha value is -0.860. The van der Waals surface area contributed by atoms with Crippen LogP contribution in [0.4, 0.5) is 0 Å². The molecular formula is C17H37N5O2S. The van der Waals surface area contributed by atoms with Gasteiger partial charge in [0.1, 0.15) is 0 Å². The third-order valence-corrected chi connectivity index (χ3v) is 5.98. The van der Waals surface area contributed by atoms with Crippen LogP contribution in [0.5, 0.6) is 0 Å². The van der Waals surface area contributed by atoms with Crippen molar-refractivity contribution in [2.45, 2.75) is 59.0 Å². The lowest BCUT2D eigenvalue weighted by molar-refractivity contribution is 0.167. The second kappa shape index (κ2) is 11.0. The van der Waals surface area contributed by atoms with Crippen molar-refractivity contribution in [3.05, 3.63) is 0 Å². The molecular weight excluding hydrogens is 338 g/mol. The summed E-state index contributed by atoms with van der Waals surface area (Å²) in [4.78, 5) is 7.12. The first-order valence-electron chi connectivity index (χ1n) is 9.51. The summed E-state index contributed by atoms with van der Waals surface area (Å²) in [7, 11) is -3.11. The predicted octanol–water partition coefficient (Wildman–Crippen LogP) is 1.09.